The maximum Gasteiger partial charge on any atom is 0.493 e. The average Bonchev–Trinajstić information content (AvgIpc) is 2.43. The highest BCUT2D eigenvalue weighted by Gasteiger charge is 2.44. The quantitative estimate of drug-likeness (QED) is 0.824. The molecule has 118 valence electrons. The molecule has 0 heterocycles. The van der Waals surface area contributed by atoms with E-state index in [9.17, 15) is 26.4 Å². The van der Waals surface area contributed by atoms with Crippen molar-refractivity contribution in [2.75, 3.05) is 10.2 Å². The van der Waals surface area contributed by atoms with Crippen LogP contribution in [0, 0.1) is 0 Å². The molecule has 21 heavy (non-hydrogen) atoms. The van der Waals surface area contributed by atoms with Crippen LogP contribution in [0.15, 0.2) is 24.3 Å². The number of anilines is 1. The molecule has 6 nitrogen and oxygen atoms in total. The Labute approximate surface area is 119 Å². The molecule has 0 amide bonds. The van der Waals surface area contributed by atoms with Gasteiger partial charge in [-0.05, 0) is 24.6 Å². The van der Waals surface area contributed by atoms with Gasteiger partial charge in [0.25, 0.3) is 10.0 Å². The standard InChI is InChI=1S/C11H13F3N2O4S/c1-2-21(18,19)16(20-10(17)11(12,13)14)9-5-3-8(7-15)4-6-9/h3-6H,2,7,15H2,1H3. The van der Waals surface area contributed by atoms with Crippen LogP contribution in [0.4, 0.5) is 18.9 Å². The van der Waals surface area contributed by atoms with E-state index in [1.165, 1.54) is 31.2 Å². The van der Waals surface area contributed by atoms with E-state index in [0.717, 1.165) is 0 Å². The molecule has 0 radical (unpaired) electrons. The highest BCUT2D eigenvalue weighted by atomic mass is 32.2. The fraction of sp³-hybridized carbons (Fsp3) is 0.364. The topological polar surface area (TPSA) is 89.7 Å². The van der Waals surface area contributed by atoms with Crippen molar-refractivity contribution in [2.24, 2.45) is 5.73 Å². The first-order valence-corrected chi connectivity index (χ1v) is 7.34. The SMILES string of the molecule is CCS(=O)(=O)N(OC(=O)C(F)(F)F)c1ccc(CN)cc1. The lowest BCUT2D eigenvalue weighted by Gasteiger charge is -2.22. The Bertz CT molecular complexity index is 599. The molecule has 0 spiro atoms. The lowest BCUT2D eigenvalue weighted by atomic mass is 10.2. The van der Waals surface area contributed by atoms with Gasteiger partial charge in [0, 0.05) is 6.54 Å². The highest BCUT2D eigenvalue weighted by Crippen LogP contribution is 2.24. The van der Waals surface area contributed by atoms with Crippen LogP contribution in [-0.4, -0.2) is 26.3 Å². The Morgan fingerprint density at radius 2 is 1.81 bits per heavy atom. The second-order valence-electron chi connectivity index (χ2n) is 3.87. The van der Waals surface area contributed by atoms with Gasteiger partial charge in [0.2, 0.25) is 0 Å². The van der Waals surface area contributed by atoms with Gasteiger partial charge in [-0.15, -0.1) is 0 Å². The molecule has 0 aliphatic carbocycles. The van der Waals surface area contributed by atoms with Crippen molar-refractivity contribution in [1.29, 1.82) is 0 Å². The maximum atomic E-state index is 12.2. The molecule has 0 aliphatic rings. The number of benzene rings is 1. The van der Waals surface area contributed by atoms with Gasteiger partial charge in [-0.1, -0.05) is 16.6 Å². The second kappa shape index (κ2) is 6.31. The first kappa shape index (κ1) is 17.2. The summed E-state index contributed by atoms with van der Waals surface area (Å²) in [5.74, 6) is -3.17. The van der Waals surface area contributed by atoms with E-state index in [-0.39, 0.29) is 16.7 Å². The third-order valence-corrected chi connectivity index (χ3v) is 3.92. The summed E-state index contributed by atoms with van der Waals surface area (Å²) < 4.78 is 60.2. The van der Waals surface area contributed by atoms with Crippen LogP contribution in [-0.2, 0) is 26.2 Å². The summed E-state index contributed by atoms with van der Waals surface area (Å²) in [6.07, 6.45) is -5.31. The number of carbonyl (C=O) groups is 1. The Morgan fingerprint density at radius 3 is 2.19 bits per heavy atom. The summed E-state index contributed by atoms with van der Waals surface area (Å²) in [7, 11) is -4.23. The zero-order valence-electron chi connectivity index (χ0n) is 10.9. The van der Waals surface area contributed by atoms with Crippen LogP contribution in [0.3, 0.4) is 0 Å². The zero-order chi connectivity index (χ0) is 16.3. The van der Waals surface area contributed by atoms with Gasteiger partial charge >= 0.3 is 12.1 Å². The maximum absolute atomic E-state index is 12.2. The van der Waals surface area contributed by atoms with Crippen LogP contribution in [0.1, 0.15) is 12.5 Å². The van der Waals surface area contributed by atoms with Crippen molar-refractivity contribution in [3.8, 4) is 0 Å². The van der Waals surface area contributed by atoms with Gasteiger partial charge in [0.05, 0.1) is 11.4 Å². The smallest absolute Gasteiger partial charge is 0.326 e. The fourth-order valence-electron chi connectivity index (χ4n) is 1.27. The normalized spacial score (nSPS) is 12.0. The van der Waals surface area contributed by atoms with Crippen LogP contribution < -0.4 is 10.2 Å². The predicted octanol–water partition coefficient (Wildman–Crippen LogP) is 1.32. The first-order chi connectivity index (χ1) is 9.61. The molecule has 0 fully saturated rings. The summed E-state index contributed by atoms with van der Waals surface area (Å²) in [5, 5.41) is 0. The lowest BCUT2D eigenvalue weighted by Crippen LogP contribution is -2.39. The molecule has 10 heteroatoms. The third-order valence-electron chi connectivity index (χ3n) is 2.40. The average molecular weight is 326 g/mol. The summed E-state index contributed by atoms with van der Waals surface area (Å²) in [4.78, 5) is 14.8. The van der Waals surface area contributed by atoms with Crippen molar-refractivity contribution < 1.29 is 31.2 Å². The van der Waals surface area contributed by atoms with Gasteiger partial charge in [-0.3, -0.25) is 0 Å². The largest absolute Gasteiger partial charge is 0.493 e. The number of hydrogen-bond donors (Lipinski definition) is 1. The minimum Gasteiger partial charge on any atom is -0.326 e. The molecule has 0 aliphatic heterocycles. The van der Waals surface area contributed by atoms with Gasteiger partial charge in [0.15, 0.2) is 0 Å². The van der Waals surface area contributed by atoms with Crippen LogP contribution >= 0.6 is 0 Å². The van der Waals surface area contributed by atoms with Gasteiger partial charge in [-0.2, -0.15) is 13.2 Å². The molecule has 0 atom stereocenters. The van der Waals surface area contributed by atoms with Crippen molar-refractivity contribution in [3.05, 3.63) is 29.8 Å². The van der Waals surface area contributed by atoms with E-state index in [1.807, 2.05) is 0 Å². The highest BCUT2D eigenvalue weighted by molar-refractivity contribution is 7.92. The molecular formula is C11H13F3N2O4S. The van der Waals surface area contributed by atoms with Gasteiger partial charge < -0.3 is 10.6 Å². The number of nitrogens with zero attached hydrogens (tertiary/aromatic N) is 1. The number of rotatable bonds is 5. The molecule has 1 aromatic carbocycles. The van der Waals surface area contributed by atoms with E-state index in [1.54, 1.807) is 0 Å². The molecule has 0 bridgehead atoms. The predicted molar refractivity (Wildman–Crippen MR) is 68.4 cm³/mol. The number of nitrogens with two attached hydrogens (primary N) is 1. The Hall–Kier alpha value is -1.81. The second-order valence-corrected chi connectivity index (χ2v) is 5.95. The molecule has 0 aromatic heterocycles. The van der Waals surface area contributed by atoms with E-state index in [2.05, 4.69) is 4.84 Å². The number of hydrogen-bond acceptors (Lipinski definition) is 5. The molecule has 0 unspecified atom stereocenters. The van der Waals surface area contributed by atoms with Gasteiger partial charge in [-0.25, -0.2) is 13.2 Å². The van der Waals surface area contributed by atoms with Crippen molar-refractivity contribution in [3.63, 3.8) is 0 Å². The Kier molecular flexibility index (Phi) is 5.18. The van der Waals surface area contributed by atoms with Crippen molar-refractivity contribution in [2.45, 2.75) is 19.6 Å². The molecule has 1 rings (SSSR count). The fourth-order valence-corrected chi connectivity index (χ4v) is 2.13. The molecule has 0 saturated heterocycles. The third kappa shape index (κ3) is 4.33. The van der Waals surface area contributed by atoms with E-state index in [4.69, 9.17) is 5.73 Å². The number of carbonyl (C=O) groups excluding carboxylic acids is 1. The summed E-state index contributed by atoms with van der Waals surface area (Å²) in [5.41, 5.74) is 5.76. The molecular weight excluding hydrogens is 313 g/mol. The summed E-state index contributed by atoms with van der Waals surface area (Å²) in [6.45, 7) is 1.38. The lowest BCUT2D eigenvalue weighted by molar-refractivity contribution is -0.199. The van der Waals surface area contributed by atoms with Crippen molar-refractivity contribution in [1.82, 2.24) is 0 Å². The summed E-state index contributed by atoms with van der Waals surface area (Å²) >= 11 is 0. The minimum absolute atomic E-state index is 0.0386. The van der Waals surface area contributed by atoms with Crippen molar-refractivity contribution >= 4 is 21.7 Å². The Morgan fingerprint density at radius 1 is 1.29 bits per heavy atom. The molecule has 1 aromatic rings. The van der Waals surface area contributed by atoms with Crippen LogP contribution in [0.25, 0.3) is 0 Å². The molecule has 0 saturated carbocycles. The molecule has 2 N–H and O–H groups in total. The van der Waals surface area contributed by atoms with E-state index >= 15 is 0 Å². The number of alkyl halides is 3. The Balaban J connectivity index is 3.17. The van der Waals surface area contributed by atoms with Gasteiger partial charge in [0.1, 0.15) is 0 Å². The van der Waals surface area contributed by atoms with Crippen LogP contribution in [0.5, 0.6) is 0 Å². The first-order valence-electron chi connectivity index (χ1n) is 5.73. The number of sulfonamides is 1. The minimum atomic E-state index is -5.31. The van der Waals surface area contributed by atoms with E-state index in [0.29, 0.717) is 5.56 Å². The monoisotopic (exact) mass is 326 g/mol. The van der Waals surface area contributed by atoms with Crippen LogP contribution in [0.2, 0.25) is 0 Å². The summed E-state index contributed by atoms with van der Waals surface area (Å²) in [6, 6.07) is 5.21. The number of halogens is 3. The zero-order valence-corrected chi connectivity index (χ0v) is 11.7. The van der Waals surface area contributed by atoms with E-state index < -0.39 is 27.9 Å².